The van der Waals surface area contributed by atoms with Gasteiger partial charge in [0.2, 0.25) is 0 Å². The molecule has 54 valence electrons. The van der Waals surface area contributed by atoms with Crippen molar-refractivity contribution >= 4 is 5.97 Å². The smallest absolute Gasteiger partial charge is 0.310 e. The van der Waals surface area contributed by atoms with Crippen molar-refractivity contribution in [2.24, 2.45) is 11.8 Å². The molecule has 0 radical (unpaired) electrons. The minimum atomic E-state index is -0.631. The van der Waals surface area contributed by atoms with Gasteiger partial charge in [-0.3, -0.25) is 4.79 Å². The molecule has 0 aromatic carbocycles. The van der Waals surface area contributed by atoms with Crippen molar-refractivity contribution in [1.82, 2.24) is 0 Å². The van der Waals surface area contributed by atoms with Gasteiger partial charge in [-0.15, -0.1) is 0 Å². The number of carboxylic acid groups (broad SMARTS) is 1. The second-order valence-corrected chi connectivity index (χ2v) is 3.21. The molecule has 2 atom stereocenters. The molecule has 2 heteroatoms. The summed E-state index contributed by atoms with van der Waals surface area (Å²) in [6.07, 6.45) is 5.17. The van der Waals surface area contributed by atoms with Crippen molar-refractivity contribution in [1.29, 1.82) is 0 Å². The summed E-state index contributed by atoms with van der Waals surface area (Å²) in [4.78, 5) is 10.6. The predicted octanol–water partition coefficient (Wildman–Crippen LogP) is 1.43. The van der Waals surface area contributed by atoms with Crippen LogP contribution < -0.4 is 0 Å². The molecule has 2 bridgehead atoms. The third-order valence-corrected chi connectivity index (χ3v) is 2.55. The number of aliphatic carboxylic acids is 1. The van der Waals surface area contributed by atoms with Crippen LogP contribution in [0.15, 0.2) is 11.6 Å². The molecule has 1 fully saturated rings. The summed E-state index contributed by atoms with van der Waals surface area (Å²) in [6.45, 7) is 0. The maximum atomic E-state index is 10.6. The molecule has 1 N–H and O–H groups in total. The Morgan fingerprint density at radius 1 is 1.70 bits per heavy atom. The number of carboxylic acids is 1. The fourth-order valence-corrected chi connectivity index (χ4v) is 2.03. The van der Waals surface area contributed by atoms with Crippen LogP contribution in [-0.2, 0) is 4.79 Å². The van der Waals surface area contributed by atoms with Gasteiger partial charge in [-0.25, -0.2) is 0 Å². The Morgan fingerprint density at radius 2 is 2.50 bits per heavy atom. The molecule has 0 amide bonds. The van der Waals surface area contributed by atoms with Crippen molar-refractivity contribution in [2.45, 2.75) is 19.3 Å². The van der Waals surface area contributed by atoms with E-state index in [2.05, 4.69) is 6.08 Å². The first kappa shape index (κ1) is 5.96. The van der Waals surface area contributed by atoms with Gasteiger partial charge in [-0.05, 0) is 25.2 Å². The zero-order valence-corrected chi connectivity index (χ0v) is 5.71. The molecule has 1 saturated carbocycles. The maximum Gasteiger partial charge on any atom is 0.310 e. The normalized spacial score (nSPS) is 36.2. The lowest BCUT2D eigenvalue weighted by atomic mass is 9.96. The average molecular weight is 138 g/mol. The topological polar surface area (TPSA) is 37.3 Å². The number of carbonyl (C=O) groups is 1. The Labute approximate surface area is 59.5 Å². The molecular weight excluding hydrogens is 128 g/mol. The van der Waals surface area contributed by atoms with Gasteiger partial charge in [0.05, 0.1) is 5.92 Å². The molecule has 2 aliphatic rings. The average Bonchev–Trinajstić information content (AvgIpc) is 2.44. The molecule has 10 heavy (non-hydrogen) atoms. The van der Waals surface area contributed by atoms with Crippen LogP contribution in [0.5, 0.6) is 0 Å². The van der Waals surface area contributed by atoms with E-state index in [1.807, 2.05) is 0 Å². The molecule has 0 spiro atoms. The van der Waals surface area contributed by atoms with Crippen LogP contribution in [-0.4, -0.2) is 11.1 Å². The SMILES string of the molecule is O=C(O)C1CC2CC=C1C2. The van der Waals surface area contributed by atoms with Gasteiger partial charge in [0.25, 0.3) is 0 Å². The van der Waals surface area contributed by atoms with E-state index in [0.717, 1.165) is 19.3 Å². The van der Waals surface area contributed by atoms with Crippen molar-refractivity contribution < 1.29 is 9.90 Å². The van der Waals surface area contributed by atoms with Gasteiger partial charge in [0.15, 0.2) is 0 Å². The highest BCUT2D eigenvalue weighted by Gasteiger charge is 2.36. The van der Waals surface area contributed by atoms with E-state index in [4.69, 9.17) is 5.11 Å². The van der Waals surface area contributed by atoms with Crippen LogP contribution in [0.1, 0.15) is 19.3 Å². The fourth-order valence-electron chi connectivity index (χ4n) is 2.03. The summed E-state index contributed by atoms with van der Waals surface area (Å²) >= 11 is 0. The van der Waals surface area contributed by atoms with Gasteiger partial charge in [0, 0.05) is 0 Å². The van der Waals surface area contributed by atoms with Crippen molar-refractivity contribution in [3.63, 3.8) is 0 Å². The van der Waals surface area contributed by atoms with Gasteiger partial charge < -0.3 is 5.11 Å². The first-order chi connectivity index (χ1) is 4.77. The number of fused-ring (bicyclic) bond motifs is 2. The molecule has 0 aromatic rings. The maximum absolute atomic E-state index is 10.6. The fraction of sp³-hybridized carbons (Fsp3) is 0.625. The minimum absolute atomic E-state index is 0.126. The number of allylic oxidation sites excluding steroid dienone is 1. The van der Waals surface area contributed by atoms with Crippen LogP contribution in [0.4, 0.5) is 0 Å². The lowest BCUT2D eigenvalue weighted by Crippen LogP contribution is -2.13. The Morgan fingerprint density at radius 3 is 2.80 bits per heavy atom. The molecule has 0 aliphatic heterocycles. The highest BCUT2D eigenvalue weighted by molar-refractivity contribution is 5.74. The molecule has 0 heterocycles. The molecule has 2 aliphatic carbocycles. The Bertz CT molecular complexity index is 205. The molecule has 2 nitrogen and oxygen atoms in total. The van der Waals surface area contributed by atoms with E-state index >= 15 is 0 Å². The lowest BCUT2D eigenvalue weighted by Gasteiger charge is -2.09. The Kier molecular flexibility index (Phi) is 1.10. The van der Waals surface area contributed by atoms with E-state index < -0.39 is 5.97 Å². The van der Waals surface area contributed by atoms with Crippen molar-refractivity contribution in [2.75, 3.05) is 0 Å². The van der Waals surface area contributed by atoms with Crippen LogP contribution in [0, 0.1) is 11.8 Å². The van der Waals surface area contributed by atoms with Crippen LogP contribution >= 0.6 is 0 Å². The summed E-state index contributed by atoms with van der Waals surface area (Å²) < 4.78 is 0. The third-order valence-electron chi connectivity index (χ3n) is 2.55. The van der Waals surface area contributed by atoms with Gasteiger partial charge in [-0.2, -0.15) is 0 Å². The lowest BCUT2D eigenvalue weighted by molar-refractivity contribution is -0.140. The molecule has 2 unspecified atom stereocenters. The summed E-state index contributed by atoms with van der Waals surface area (Å²) in [5.41, 5.74) is 1.18. The minimum Gasteiger partial charge on any atom is -0.481 e. The second-order valence-electron chi connectivity index (χ2n) is 3.21. The summed E-state index contributed by atoms with van der Waals surface area (Å²) in [7, 11) is 0. The van der Waals surface area contributed by atoms with Gasteiger partial charge in [0.1, 0.15) is 0 Å². The number of hydrogen-bond donors (Lipinski definition) is 1. The summed E-state index contributed by atoms with van der Waals surface area (Å²) in [5.74, 6) is -0.0942. The summed E-state index contributed by atoms with van der Waals surface area (Å²) in [6, 6.07) is 0. The molecular formula is C8H10O2. The van der Waals surface area contributed by atoms with Crippen LogP contribution in [0.3, 0.4) is 0 Å². The third kappa shape index (κ3) is 0.681. The zero-order chi connectivity index (χ0) is 7.14. The Hall–Kier alpha value is -0.790. The van der Waals surface area contributed by atoms with E-state index in [9.17, 15) is 4.79 Å². The summed E-state index contributed by atoms with van der Waals surface area (Å²) in [5, 5.41) is 8.69. The largest absolute Gasteiger partial charge is 0.481 e. The monoisotopic (exact) mass is 138 g/mol. The van der Waals surface area contributed by atoms with E-state index in [0.29, 0.717) is 5.92 Å². The van der Waals surface area contributed by atoms with Crippen molar-refractivity contribution in [3.05, 3.63) is 11.6 Å². The van der Waals surface area contributed by atoms with E-state index in [1.165, 1.54) is 5.57 Å². The van der Waals surface area contributed by atoms with Gasteiger partial charge >= 0.3 is 5.97 Å². The highest BCUT2D eigenvalue weighted by atomic mass is 16.4. The predicted molar refractivity (Wildman–Crippen MR) is 36.5 cm³/mol. The first-order valence-electron chi connectivity index (χ1n) is 3.69. The van der Waals surface area contributed by atoms with Crippen LogP contribution in [0.25, 0.3) is 0 Å². The van der Waals surface area contributed by atoms with Gasteiger partial charge in [-0.1, -0.05) is 11.6 Å². The van der Waals surface area contributed by atoms with Crippen molar-refractivity contribution in [3.8, 4) is 0 Å². The zero-order valence-electron chi connectivity index (χ0n) is 5.71. The van der Waals surface area contributed by atoms with Crippen LogP contribution in [0.2, 0.25) is 0 Å². The molecule has 2 rings (SSSR count). The van der Waals surface area contributed by atoms with E-state index in [1.54, 1.807) is 0 Å². The number of rotatable bonds is 1. The second kappa shape index (κ2) is 1.84. The first-order valence-corrected chi connectivity index (χ1v) is 3.69. The quantitative estimate of drug-likeness (QED) is 0.556. The molecule has 0 aromatic heterocycles. The Balaban J connectivity index is 2.21. The molecule has 0 saturated heterocycles. The standard InChI is InChI=1S/C8H10O2/c9-8(10)7-4-5-1-2-6(7)3-5/h2,5,7H,1,3-4H2,(H,9,10). The highest BCUT2D eigenvalue weighted by Crippen LogP contribution is 2.43. The number of hydrogen-bond acceptors (Lipinski definition) is 1. The van der Waals surface area contributed by atoms with E-state index in [-0.39, 0.29) is 5.92 Å².